The van der Waals surface area contributed by atoms with E-state index >= 15 is 0 Å². The van der Waals surface area contributed by atoms with Crippen LogP contribution < -0.4 is 10.6 Å². The SMILES string of the molecule is CC(=O)Nc1ccc(SC(C)C(=O)N2CCC(C(=O)NC(C)C(C)C)CC2)cc1. The van der Waals surface area contributed by atoms with Crippen LogP contribution in [0, 0.1) is 11.8 Å². The van der Waals surface area contributed by atoms with Gasteiger partial charge in [0, 0.05) is 42.6 Å². The van der Waals surface area contributed by atoms with E-state index in [4.69, 9.17) is 0 Å². The Labute approximate surface area is 178 Å². The molecule has 2 unspecified atom stereocenters. The van der Waals surface area contributed by atoms with E-state index in [2.05, 4.69) is 24.5 Å². The molecule has 0 aromatic heterocycles. The summed E-state index contributed by atoms with van der Waals surface area (Å²) in [5.74, 6) is 0.510. The molecule has 1 heterocycles. The van der Waals surface area contributed by atoms with E-state index in [-0.39, 0.29) is 34.9 Å². The van der Waals surface area contributed by atoms with Crippen LogP contribution in [0.1, 0.15) is 47.5 Å². The summed E-state index contributed by atoms with van der Waals surface area (Å²) in [6.07, 6.45) is 1.43. The summed E-state index contributed by atoms with van der Waals surface area (Å²) in [5, 5.41) is 5.63. The molecule has 1 aliphatic rings. The minimum absolute atomic E-state index is 0.00969. The number of hydrogen-bond acceptors (Lipinski definition) is 4. The Morgan fingerprint density at radius 2 is 1.62 bits per heavy atom. The van der Waals surface area contributed by atoms with Gasteiger partial charge in [0.15, 0.2) is 0 Å². The minimum Gasteiger partial charge on any atom is -0.353 e. The van der Waals surface area contributed by atoms with Crippen molar-refractivity contribution in [1.82, 2.24) is 10.2 Å². The lowest BCUT2D eigenvalue weighted by Gasteiger charge is -2.33. The molecule has 1 fully saturated rings. The van der Waals surface area contributed by atoms with Crippen LogP contribution in [0.25, 0.3) is 0 Å². The summed E-state index contributed by atoms with van der Waals surface area (Å²) in [4.78, 5) is 39.2. The fourth-order valence-electron chi connectivity index (χ4n) is 3.20. The quantitative estimate of drug-likeness (QED) is 0.663. The van der Waals surface area contributed by atoms with Crippen molar-refractivity contribution in [1.29, 1.82) is 0 Å². The lowest BCUT2D eigenvalue weighted by Crippen LogP contribution is -2.47. The Bertz CT molecular complexity index is 713. The highest BCUT2D eigenvalue weighted by molar-refractivity contribution is 8.00. The molecule has 1 saturated heterocycles. The first-order chi connectivity index (χ1) is 13.7. The van der Waals surface area contributed by atoms with Gasteiger partial charge in [-0.1, -0.05) is 13.8 Å². The molecule has 2 atom stereocenters. The molecule has 160 valence electrons. The number of benzene rings is 1. The van der Waals surface area contributed by atoms with Crippen molar-refractivity contribution < 1.29 is 14.4 Å². The van der Waals surface area contributed by atoms with Gasteiger partial charge in [-0.3, -0.25) is 14.4 Å². The lowest BCUT2D eigenvalue weighted by atomic mass is 9.94. The van der Waals surface area contributed by atoms with Crippen LogP contribution in [0.5, 0.6) is 0 Å². The number of hydrogen-bond donors (Lipinski definition) is 2. The third-order valence-electron chi connectivity index (χ3n) is 5.38. The first-order valence-electron chi connectivity index (χ1n) is 10.3. The van der Waals surface area contributed by atoms with Crippen molar-refractivity contribution in [2.45, 2.75) is 63.6 Å². The Kier molecular flexibility index (Phi) is 8.56. The second kappa shape index (κ2) is 10.7. The van der Waals surface area contributed by atoms with Gasteiger partial charge in [-0.05, 0) is 56.9 Å². The summed E-state index contributed by atoms with van der Waals surface area (Å²) in [5.41, 5.74) is 0.743. The average molecular weight is 420 g/mol. The van der Waals surface area contributed by atoms with Crippen LogP contribution in [-0.4, -0.2) is 47.0 Å². The second-order valence-corrected chi connectivity index (χ2v) is 9.52. The number of rotatable bonds is 7. The number of carbonyl (C=O) groups excluding carboxylic acids is 3. The maximum atomic E-state index is 12.8. The van der Waals surface area contributed by atoms with Gasteiger partial charge >= 0.3 is 0 Å². The first kappa shape index (κ1) is 23.3. The Morgan fingerprint density at radius 1 is 1.03 bits per heavy atom. The third kappa shape index (κ3) is 7.07. The highest BCUT2D eigenvalue weighted by Gasteiger charge is 2.30. The molecule has 3 amide bonds. The molecule has 0 spiro atoms. The molecule has 7 heteroatoms. The molecule has 29 heavy (non-hydrogen) atoms. The molecule has 2 N–H and O–H groups in total. The van der Waals surface area contributed by atoms with Gasteiger partial charge in [0.2, 0.25) is 17.7 Å². The molecule has 1 aromatic carbocycles. The van der Waals surface area contributed by atoms with E-state index in [1.165, 1.54) is 18.7 Å². The van der Waals surface area contributed by atoms with Gasteiger partial charge in [0.1, 0.15) is 0 Å². The smallest absolute Gasteiger partial charge is 0.235 e. The van der Waals surface area contributed by atoms with Crippen LogP contribution >= 0.6 is 11.8 Å². The van der Waals surface area contributed by atoms with E-state index in [0.29, 0.717) is 31.8 Å². The molecule has 6 nitrogen and oxygen atoms in total. The normalized spacial score (nSPS) is 17.0. The maximum Gasteiger partial charge on any atom is 0.235 e. The van der Waals surface area contributed by atoms with Crippen LogP contribution in [0.3, 0.4) is 0 Å². The maximum absolute atomic E-state index is 12.8. The van der Waals surface area contributed by atoms with Crippen molar-refractivity contribution in [2.75, 3.05) is 18.4 Å². The largest absolute Gasteiger partial charge is 0.353 e. The highest BCUT2D eigenvalue weighted by Crippen LogP contribution is 2.27. The van der Waals surface area contributed by atoms with E-state index in [9.17, 15) is 14.4 Å². The number of carbonyl (C=O) groups is 3. The Morgan fingerprint density at radius 3 is 2.14 bits per heavy atom. The molecule has 0 bridgehead atoms. The molecule has 1 aromatic rings. The minimum atomic E-state index is -0.201. The predicted molar refractivity (Wildman–Crippen MR) is 118 cm³/mol. The summed E-state index contributed by atoms with van der Waals surface area (Å²) in [6, 6.07) is 7.65. The molecule has 0 aliphatic carbocycles. The van der Waals surface area contributed by atoms with Crippen molar-refractivity contribution >= 4 is 35.2 Å². The van der Waals surface area contributed by atoms with Gasteiger partial charge in [0.05, 0.1) is 5.25 Å². The number of thioether (sulfide) groups is 1. The zero-order chi connectivity index (χ0) is 21.6. The van der Waals surface area contributed by atoms with E-state index in [1.54, 1.807) is 0 Å². The van der Waals surface area contributed by atoms with Crippen molar-refractivity contribution in [3.8, 4) is 0 Å². The topological polar surface area (TPSA) is 78.5 Å². The van der Waals surface area contributed by atoms with Crippen molar-refractivity contribution in [2.24, 2.45) is 11.8 Å². The van der Waals surface area contributed by atoms with Gasteiger partial charge in [0.25, 0.3) is 0 Å². The van der Waals surface area contributed by atoms with Gasteiger partial charge in [-0.25, -0.2) is 0 Å². The highest BCUT2D eigenvalue weighted by atomic mass is 32.2. The van der Waals surface area contributed by atoms with Crippen LogP contribution in [-0.2, 0) is 14.4 Å². The number of piperidine rings is 1. The van der Waals surface area contributed by atoms with E-state index in [1.807, 2.05) is 43.0 Å². The summed E-state index contributed by atoms with van der Waals surface area (Å²) in [7, 11) is 0. The molecule has 1 aliphatic heterocycles. The monoisotopic (exact) mass is 419 g/mol. The molecular formula is C22H33N3O3S. The zero-order valence-corrected chi connectivity index (χ0v) is 18.8. The number of amides is 3. The lowest BCUT2D eigenvalue weighted by molar-refractivity contribution is -0.135. The van der Waals surface area contributed by atoms with E-state index < -0.39 is 0 Å². The number of anilines is 1. The van der Waals surface area contributed by atoms with Crippen LogP contribution in [0.15, 0.2) is 29.2 Å². The Hall–Kier alpha value is -2.02. The summed E-state index contributed by atoms with van der Waals surface area (Å²) >= 11 is 1.51. The van der Waals surface area contributed by atoms with Gasteiger partial charge in [-0.15, -0.1) is 11.8 Å². The standard InChI is InChI=1S/C22H33N3O3S/c1-14(2)15(3)23-21(27)18-10-12-25(13-11-18)22(28)16(4)29-20-8-6-19(7-9-20)24-17(5)26/h6-9,14-16,18H,10-13H2,1-5H3,(H,23,27)(H,24,26). The van der Waals surface area contributed by atoms with Crippen LogP contribution in [0.2, 0.25) is 0 Å². The fraction of sp³-hybridized carbons (Fsp3) is 0.591. The predicted octanol–water partition coefficient (Wildman–Crippen LogP) is 3.52. The molecule has 0 radical (unpaired) electrons. The summed E-state index contributed by atoms with van der Waals surface area (Å²) in [6.45, 7) is 10.9. The molecular weight excluding hydrogens is 386 g/mol. The summed E-state index contributed by atoms with van der Waals surface area (Å²) < 4.78 is 0. The fourth-order valence-corrected chi connectivity index (χ4v) is 4.15. The van der Waals surface area contributed by atoms with Gasteiger partial charge in [-0.2, -0.15) is 0 Å². The van der Waals surface area contributed by atoms with Crippen molar-refractivity contribution in [3.05, 3.63) is 24.3 Å². The van der Waals surface area contributed by atoms with Crippen LogP contribution in [0.4, 0.5) is 5.69 Å². The molecule has 0 saturated carbocycles. The number of nitrogens with one attached hydrogen (secondary N) is 2. The van der Waals surface area contributed by atoms with Crippen molar-refractivity contribution in [3.63, 3.8) is 0 Å². The average Bonchev–Trinajstić information content (AvgIpc) is 2.68. The zero-order valence-electron chi connectivity index (χ0n) is 18.0. The van der Waals surface area contributed by atoms with Gasteiger partial charge < -0.3 is 15.5 Å². The second-order valence-electron chi connectivity index (χ2n) is 8.11. The first-order valence-corrected chi connectivity index (χ1v) is 11.2. The molecule has 2 rings (SSSR count). The van der Waals surface area contributed by atoms with E-state index in [0.717, 1.165) is 10.6 Å². The number of nitrogens with zero attached hydrogens (tertiary/aromatic N) is 1. The Balaban J connectivity index is 1.82. The number of likely N-dealkylation sites (tertiary alicyclic amines) is 1. The third-order valence-corrected chi connectivity index (χ3v) is 6.48.